The van der Waals surface area contributed by atoms with Crippen LogP contribution in [0.4, 0.5) is 0 Å². The molecule has 0 spiro atoms. The molecule has 1 saturated carbocycles. The van der Waals surface area contributed by atoms with Gasteiger partial charge in [0.25, 0.3) is 0 Å². The van der Waals surface area contributed by atoms with Crippen molar-refractivity contribution in [3.8, 4) is 0 Å². The maximum Gasteiger partial charge on any atom is 0.0185 e. The summed E-state index contributed by atoms with van der Waals surface area (Å²) in [5.74, 6) is 2.37. The van der Waals surface area contributed by atoms with Gasteiger partial charge in [-0.1, -0.05) is 56.0 Å². The minimum atomic E-state index is 0.796. The van der Waals surface area contributed by atoms with Gasteiger partial charge in [-0.05, 0) is 18.4 Å². The van der Waals surface area contributed by atoms with Gasteiger partial charge >= 0.3 is 0 Å². The summed E-state index contributed by atoms with van der Waals surface area (Å²) in [5.41, 5.74) is 1.44. The molecule has 0 bridgehead atoms. The molecule has 0 aliphatic heterocycles. The molecule has 0 saturated heterocycles. The summed E-state index contributed by atoms with van der Waals surface area (Å²) in [6.07, 6.45) is 8.53. The lowest BCUT2D eigenvalue weighted by atomic mass is 10.1. The summed E-state index contributed by atoms with van der Waals surface area (Å²) in [6, 6.07) is 11.6. The molecular formula is C16H25NS. The third-order valence-corrected chi connectivity index (χ3v) is 4.68. The minimum Gasteiger partial charge on any atom is -0.313 e. The lowest BCUT2D eigenvalue weighted by Crippen LogP contribution is -2.30. The van der Waals surface area contributed by atoms with E-state index in [0.717, 1.165) is 11.8 Å². The van der Waals surface area contributed by atoms with Gasteiger partial charge in [0.15, 0.2) is 0 Å². The summed E-state index contributed by atoms with van der Waals surface area (Å²) < 4.78 is 0. The first kappa shape index (κ1) is 14.0. The largest absolute Gasteiger partial charge is 0.313 e. The molecular weight excluding hydrogens is 238 g/mol. The van der Waals surface area contributed by atoms with E-state index in [1.807, 2.05) is 11.8 Å². The van der Waals surface area contributed by atoms with Crippen LogP contribution in [0, 0.1) is 0 Å². The average Bonchev–Trinajstić information content (AvgIpc) is 2.68. The van der Waals surface area contributed by atoms with Gasteiger partial charge in [-0.15, -0.1) is 0 Å². The summed E-state index contributed by atoms with van der Waals surface area (Å²) in [5, 5.41) is 3.73. The molecule has 1 N–H and O–H groups in total. The number of hydrogen-bond donors (Lipinski definition) is 1. The third-order valence-electron chi connectivity index (χ3n) is 3.65. The predicted molar refractivity (Wildman–Crippen MR) is 82.1 cm³/mol. The van der Waals surface area contributed by atoms with E-state index < -0.39 is 0 Å². The van der Waals surface area contributed by atoms with E-state index in [1.54, 1.807) is 0 Å². The zero-order valence-corrected chi connectivity index (χ0v) is 12.1. The van der Waals surface area contributed by atoms with Gasteiger partial charge in [0.05, 0.1) is 0 Å². The van der Waals surface area contributed by atoms with Crippen molar-refractivity contribution < 1.29 is 0 Å². The molecule has 1 aromatic carbocycles. The Morgan fingerprint density at radius 2 is 1.72 bits per heavy atom. The van der Waals surface area contributed by atoms with Crippen LogP contribution in [-0.4, -0.2) is 18.3 Å². The van der Waals surface area contributed by atoms with Crippen molar-refractivity contribution in [2.45, 2.75) is 50.3 Å². The van der Waals surface area contributed by atoms with Crippen LogP contribution in [0.5, 0.6) is 0 Å². The lowest BCUT2D eigenvalue weighted by Gasteiger charge is -2.15. The highest BCUT2D eigenvalue weighted by Crippen LogP contribution is 2.17. The maximum absolute atomic E-state index is 3.73. The molecule has 100 valence electrons. The Balaban J connectivity index is 1.53. The number of rotatable bonds is 6. The number of benzene rings is 1. The molecule has 0 radical (unpaired) electrons. The lowest BCUT2D eigenvalue weighted by molar-refractivity contribution is 0.474. The van der Waals surface area contributed by atoms with Gasteiger partial charge in [0.1, 0.15) is 0 Å². The van der Waals surface area contributed by atoms with Crippen LogP contribution in [0.2, 0.25) is 0 Å². The molecule has 0 unspecified atom stereocenters. The van der Waals surface area contributed by atoms with Crippen LogP contribution in [0.1, 0.15) is 44.1 Å². The van der Waals surface area contributed by atoms with E-state index in [2.05, 4.69) is 35.6 Å². The smallest absolute Gasteiger partial charge is 0.0185 e. The van der Waals surface area contributed by atoms with E-state index in [4.69, 9.17) is 0 Å². The van der Waals surface area contributed by atoms with Crippen LogP contribution >= 0.6 is 11.8 Å². The van der Waals surface area contributed by atoms with Crippen LogP contribution in [-0.2, 0) is 5.75 Å². The normalized spacial score (nSPS) is 17.6. The second-order valence-corrected chi connectivity index (χ2v) is 6.29. The van der Waals surface area contributed by atoms with E-state index >= 15 is 0 Å². The molecule has 0 amide bonds. The Morgan fingerprint density at radius 3 is 2.44 bits per heavy atom. The average molecular weight is 263 g/mol. The third kappa shape index (κ3) is 5.45. The molecule has 1 nitrogen and oxygen atoms in total. The highest BCUT2D eigenvalue weighted by Gasteiger charge is 2.10. The van der Waals surface area contributed by atoms with Gasteiger partial charge in [-0.25, -0.2) is 0 Å². The van der Waals surface area contributed by atoms with Crippen molar-refractivity contribution >= 4 is 11.8 Å². The summed E-state index contributed by atoms with van der Waals surface area (Å²) in [6.45, 7) is 1.17. The van der Waals surface area contributed by atoms with Gasteiger partial charge < -0.3 is 5.32 Å². The van der Waals surface area contributed by atoms with Crippen molar-refractivity contribution in [3.63, 3.8) is 0 Å². The van der Waals surface area contributed by atoms with Gasteiger partial charge in [-0.3, -0.25) is 0 Å². The summed E-state index contributed by atoms with van der Waals surface area (Å²) in [4.78, 5) is 0. The molecule has 2 rings (SSSR count). The van der Waals surface area contributed by atoms with Gasteiger partial charge in [0, 0.05) is 24.1 Å². The number of thioether (sulfide) groups is 1. The van der Waals surface area contributed by atoms with E-state index in [0.29, 0.717) is 0 Å². The first-order valence-corrected chi connectivity index (χ1v) is 8.46. The van der Waals surface area contributed by atoms with Crippen LogP contribution in [0.15, 0.2) is 30.3 Å². The highest BCUT2D eigenvalue weighted by atomic mass is 32.2. The van der Waals surface area contributed by atoms with Crippen LogP contribution in [0.25, 0.3) is 0 Å². The summed E-state index contributed by atoms with van der Waals surface area (Å²) in [7, 11) is 0. The Kier molecular flexibility index (Phi) is 6.67. The molecule has 2 heteroatoms. The van der Waals surface area contributed by atoms with Gasteiger partial charge in [0.2, 0.25) is 0 Å². The fourth-order valence-electron chi connectivity index (χ4n) is 2.58. The minimum absolute atomic E-state index is 0.796. The fourth-order valence-corrected chi connectivity index (χ4v) is 3.42. The van der Waals surface area contributed by atoms with E-state index in [1.165, 1.54) is 56.4 Å². The van der Waals surface area contributed by atoms with Crippen molar-refractivity contribution in [2.24, 2.45) is 0 Å². The van der Waals surface area contributed by atoms with Crippen molar-refractivity contribution in [1.82, 2.24) is 5.32 Å². The molecule has 1 aromatic rings. The van der Waals surface area contributed by atoms with Gasteiger partial charge in [-0.2, -0.15) is 11.8 Å². The van der Waals surface area contributed by atoms with Crippen molar-refractivity contribution in [1.29, 1.82) is 0 Å². The highest BCUT2D eigenvalue weighted by molar-refractivity contribution is 7.98. The predicted octanol–water partition coefficient (Wildman–Crippen LogP) is 4.23. The van der Waals surface area contributed by atoms with E-state index in [9.17, 15) is 0 Å². The summed E-state index contributed by atoms with van der Waals surface area (Å²) >= 11 is 2.04. The maximum atomic E-state index is 3.73. The number of hydrogen-bond acceptors (Lipinski definition) is 2. The molecule has 18 heavy (non-hydrogen) atoms. The van der Waals surface area contributed by atoms with Crippen molar-refractivity contribution in [3.05, 3.63) is 35.9 Å². The Labute approximate surface area is 116 Å². The molecule has 1 fully saturated rings. The zero-order valence-electron chi connectivity index (χ0n) is 11.2. The van der Waals surface area contributed by atoms with Crippen molar-refractivity contribution in [2.75, 3.05) is 12.3 Å². The molecule has 0 heterocycles. The second-order valence-electron chi connectivity index (χ2n) is 5.18. The molecule has 0 atom stereocenters. The second kappa shape index (κ2) is 8.60. The van der Waals surface area contributed by atoms with Crippen LogP contribution in [0.3, 0.4) is 0 Å². The first-order chi connectivity index (χ1) is 8.95. The SMILES string of the molecule is c1ccc(CSCCNC2CCCCCC2)cc1. The first-order valence-electron chi connectivity index (χ1n) is 7.30. The molecule has 1 aliphatic rings. The molecule has 1 aliphatic carbocycles. The fraction of sp³-hybridized carbons (Fsp3) is 0.625. The Bertz CT molecular complexity index is 304. The zero-order chi connectivity index (χ0) is 12.5. The monoisotopic (exact) mass is 263 g/mol. The standard InChI is InChI=1S/C16H25NS/c1-2-7-11-16(10-6-1)17-12-13-18-14-15-8-4-3-5-9-15/h3-5,8-9,16-17H,1-2,6-7,10-14H2. The quantitative estimate of drug-likeness (QED) is 0.609. The van der Waals surface area contributed by atoms with E-state index in [-0.39, 0.29) is 0 Å². The topological polar surface area (TPSA) is 12.0 Å². The number of nitrogens with one attached hydrogen (secondary N) is 1. The Hall–Kier alpha value is -0.470. The molecule has 0 aromatic heterocycles. The van der Waals surface area contributed by atoms with Crippen LogP contribution < -0.4 is 5.32 Å². The Morgan fingerprint density at radius 1 is 1.00 bits per heavy atom.